The number of nitrogens with one attached hydrogen (secondary N) is 1. The summed E-state index contributed by atoms with van der Waals surface area (Å²) < 4.78 is 40.4. The highest BCUT2D eigenvalue weighted by molar-refractivity contribution is 5.49. The van der Waals surface area contributed by atoms with E-state index >= 15 is 0 Å². The third-order valence-corrected chi connectivity index (χ3v) is 4.25. The van der Waals surface area contributed by atoms with Gasteiger partial charge in [0.1, 0.15) is 5.82 Å². The van der Waals surface area contributed by atoms with Gasteiger partial charge in [-0.25, -0.2) is 13.2 Å². The molecule has 0 bridgehead atoms. The fourth-order valence-corrected chi connectivity index (χ4v) is 3.32. The summed E-state index contributed by atoms with van der Waals surface area (Å²) >= 11 is 0. The smallest absolute Gasteiger partial charge is 0.182 e. The van der Waals surface area contributed by atoms with Crippen LogP contribution in [0.25, 0.3) is 0 Å². The van der Waals surface area contributed by atoms with Crippen LogP contribution < -0.4 is 10.2 Å². The van der Waals surface area contributed by atoms with E-state index in [9.17, 15) is 13.2 Å². The molecule has 0 radical (unpaired) electrons. The van der Waals surface area contributed by atoms with E-state index in [0.29, 0.717) is 19.2 Å². The maximum absolute atomic E-state index is 13.8. The van der Waals surface area contributed by atoms with E-state index in [0.717, 1.165) is 38.3 Å². The summed E-state index contributed by atoms with van der Waals surface area (Å²) in [5.74, 6) is -2.79. The van der Waals surface area contributed by atoms with E-state index in [-0.39, 0.29) is 11.2 Å². The number of piperazine rings is 1. The van der Waals surface area contributed by atoms with Crippen LogP contribution in [0.2, 0.25) is 0 Å². The van der Waals surface area contributed by atoms with Crippen molar-refractivity contribution in [1.82, 2.24) is 5.32 Å². The molecule has 0 amide bonds. The van der Waals surface area contributed by atoms with E-state index < -0.39 is 17.5 Å². The molecule has 1 aliphatic carbocycles. The van der Waals surface area contributed by atoms with Crippen molar-refractivity contribution in [2.45, 2.75) is 31.2 Å². The predicted octanol–water partition coefficient (Wildman–Crippen LogP) is 2.83. The van der Waals surface area contributed by atoms with Gasteiger partial charge in [0.2, 0.25) is 0 Å². The molecule has 2 fully saturated rings. The first-order chi connectivity index (χ1) is 9.10. The lowest BCUT2D eigenvalue weighted by atomic mass is 9.94. The Morgan fingerprint density at radius 1 is 1.11 bits per heavy atom. The molecule has 1 aromatic carbocycles. The number of anilines is 1. The topological polar surface area (TPSA) is 15.3 Å². The van der Waals surface area contributed by atoms with Crippen molar-refractivity contribution in [1.29, 1.82) is 0 Å². The molecule has 104 valence electrons. The molecule has 5 heteroatoms. The largest absolute Gasteiger partial charge is 0.366 e. The highest BCUT2D eigenvalue weighted by Crippen LogP contribution is 2.34. The molecule has 1 aliphatic heterocycles. The SMILES string of the molecule is Fc1cc(F)c(F)c(N2CCNC3(CCCC3)C2)c1. The molecule has 0 atom stereocenters. The van der Waals surface area contributed by atoms with Crippen molar-refractivity contribution in [2.24, 2.45) is 0 Å². The quantitative estimate of drug-likeness (QED) is 0.789. The minimum absolute atomic E-state index is 0.00646. The van der Waals surface area contributed by atoms with Crippen LogP contribution in [0.15, 0.2) is 12.1 Å². The highest BCUT2D eigenvalue weighted by atomic mass is 19.2. The van der Waals surface area contributed by atoms with Crippen LogP contribution in [-0.4, -0.2) is 25.2 Å². The standard InChI is InChI=1S/C14H17F3N2/c15-10-7-11(16)13(17)12(8-10)19-6-5-18-14(9-19)3-1-2-4-14/h7-8,18H,1-6,9H2. The van der Waals surface area contributed by atoms with E-state index in [4.69, 9.17) is 0 Å². The van der Waals surface area contributed by atoms with Gasteiger partial charge in [0.25, 0.3) is 0 Å². The summed E-state index contributed by atoms with van der Waals surface area (Å²) in [4.78, 5) is 1.77. The van der Waals surface area contributed by atoms with Crippen LogP contribution >= 0.6 is 0 Å². The zero-order valence-corrected chi connectivity index (χ0v) is 10.7. The third-order valence-electron chi connectivity index (χ3n) is 4.25. The number of halogens is 3. The van der Waals surface area contributed by atoms with E-state index in [1.807, 2.05) is 0 Å². The number of nitrogens with zero attached hydrogens (tertiary/aromatic N) is 1. The Balaban J connectivity index is 1.89. The van der Waals surface area contributed by atoms with Crippen LogP contribution in [0, 0.1) is 17.5 Å². The predicted molar refractivity (Wildman–Crippen MR) is 67.7 cm³/mol. The molecule has 1 saturated heterocycles. The number of hydrogen-bond acceptors (Lipinski definition) is 2. The molecule has 1 aromatic rings. The van der Waals surface area contributed by atoms with Crippen LogP contribution in [0.3, 0.4) is 0 Å². The molecule has 1 spiro atoms. The van der Waals surface area contributed by atoms with Gasteiger partial charge in [-0.1, -0.05) is 12.8 Å². The summed E-state index contributed by atoms with van der Waals surface area (Å²) in [5, 5.41) is 3.49. The molecule has 1 saturated carbocycles. The molecule has 19 heavy (non-hydrogen) atoms. The third kappa shape index (κ3) is 2.31. The first kappa shape index (κ1) is 12.8. The van der Waals surface area contributed by atoms with Crippen LogP contribution in [0.5, 0.6) is 0 Å². The minimum atomic E-state index is -1.12. The fourth-order valence-electron chi connectivity index (χ4n) is 3.32. The monoisotopic (exact) mass is 270 g/mol. The Kier molecular flexibility index (Phi) is 3.17. The van der Waals surface area contributed by atoms with Gasteiger partial charge in [-0.05, 0) is 12.8 Å². The maximum atomic E-state index is 13.8. The summed E-state index contributed by atoms with van der Waals surface area (Å²) in [6, 6.07) is 1.68. The number of hydrogen-bond donors (Lipinski definition) is 1. The van der Waals surface area contributed by atoms with Crippen molar-refractivity contribution in [2.75, 3.05) is 24.5 Å². The minimum Gasteiger partial charge on any atom is -0.366 e. The Morgan fingerprint density at radius 3 is 2.58 bits per heavy atom. The lowest BCUT2D eigenvalue weighted by Gasteiger charge is -2.42. The van der Waals surface area contributed by atoms with Crippen LogP contribution in [0.1, 0.15) is 25.7 Å². The Bertz CT molecular complexity index is 484. The van der Waals surface area contributed by atoms with E-state index in [2.05, 4.69) is 5.32 Å². The van der Waals surface area contributed by atoms with Gasteiger partial charge in [0.05, 0.1) is 5.69 Å². The second-order valence-electron chi connectivity index (χ2n) is 5.56. The van der Waals surface area contributed by atoms with E-state index in [1.165, 1.54) is 0 Å². The Morgan fingerprint density at radius 2 is 1.84 bits per heavy atom. The van der Waals surface area contributed by atoms with E-state index in [1.54, 1.807) is 4.90 Å². The van der Waals surface area contributed by atoms with Gasteiger partial charge < -0.3 is 10.2 Å². The zero-order chi connectivity index (χ0) is 13.5. The van der Waals surface area contributed by atoms with Crippen molar-refractivity contribution in [3.8, 4) is 0 Å². The fraction of sp³-hybridized carbons (Fsp3) is 0.571. The lowest BCUT2D eigenvalue weighted by Crippen LogP contribution is -2.59. The second-order valence-corrected chi connectivity index (χ2v) is 5.56. The van der Waals surface area contributed by atoms with Crippen molar-refractivity contribution < 1.29 is 13.2 Å². The van der Waals surface area contributed by atoms with Gasteiger partial charge in [-0.3, -0.25) is 0 Å². The summed E-state index contributed by atoms with van der Waals surface area (Å²) in [6.45, 7) is 1.91. The number of rotatable bonds is 1. The van der Waals surface area contributed by atoms with Gasteiger partial charge in [0, 0.05) is 37.3 Å². The van der Waals surface area contributed by atoms with Crippen molar-refractivity contribution >= 4 is 5.69 Å². The number of benzene rings is 1. The molecule has 0 aromatic heterocycles. The molecule has 1 heterocycles. The Labute approximate surface area is 110 Å². The highest BCUT2D eigenvalue weighted by Gasteiger charge is 2.38. The van der Waals surface area contributed by atoms with Gasteiger partial charge in [-0.2, -0.15) is 0 Å². The average Bonchev–Trinajstić information content (AvgIpc) is 2.82. The molecule has 1 N–H and O–H groups in total. The lowest BCUT2D eigenvalue weighted by molar-refractivity contribution is 0.302. The van der Waals surface area contributed by atoms with Crippen molar-refractivity contribution in [3.63, 3.8) is 0 Å². The first-order valence-electron chi connectivity index (χ1n) is 6.74. The Hall–Kier alpha value is -1.23. The van der Waals surface area contributed by atoms with Crippen molar-refractivity contribution in [3.05, 3.63) is 29.6 Å². The molecule has 0 unspecified atom stereocenters. The zero-order valence-electron chi connectivity index (χ0n) is 10.7. The van der Waals surface area contributed by atoms with Gasteiger partial charge >= 0.3 is 0 Å². The molecular formula is C14H17F3N2. The summed E-state index contributed by atoms with van der Waals surface area (Å²) in [6.07, 6.45) is 4.40. The normalized spacial score (nSPS) is 22.2. The summed E-state index contributed by atoms with van der Waals surface area (Å²) in [5.41, 5.74) is 0.0401. The second kappa shape index (κ2) is 4.71. The van der Waals surface area contributed by atoms with Gasteiger partial charge in [-0.15, -0.1) is 0 Å². The molecule has 3 rings (SSSR count). The summed E-state index contributed by atoms with van der Waals surface area (Å²) in [7, 11) is 0. The molecule has 2 nitrogen and oxygen atoms in total. The van der Waals surface area contributed by atoms with Crippen LogP contribution in [0.4, 0.5) is 18.9 Å². The maximum Gasteiger partial charge on any atom is 0.182 e. The molecular weight excluding hydrogens is 253 g/mol. The first-order valence-corrected chi connectivity index (χ1v) is 6.74. The average molecular weight is 270 g/mol. The van der Waals surface area contributed by atoms with Crippen LogP contribution in [-0.2, 0) is 0 Å². The van der Waals surface area contributed by atoms with Gasteiger partial charge in [0.15, 0.2) is 11.6 Å². The molecule has 2 aliphatic rings.